The minimum absolute atomic E-state index is 0.291. The topological polar surface area (TPSA) is 12.9 Å². The van der Waals surface area contributed by atoms with E-state index in [0.29, 0.717) is 9.26 Å². The summed E-state index contributed by atoms with van der Waals surface area (Å²) in [7, 11) is 0. The third-order valence-electron chi connectivity index (χ3n) is 1.36. The van der Waals surface area contributed by atoms with Gasteiger partial charge in [-0.25, -0.2) is 13.8 Å². The van der Waals surface area contributed by atoms with Crippen LogP contribution >= 0.6 is 22.6 Å². The van der Waals surface area contributed by atoms with Crippen LogP contribution in [0.3, 0.4) is 0 Å². The second-order valence-electron chi connectivity index (χ2n) is 2.23. The van der Waals surface area contributed by atoms with Gasteiger partial charge in [-0.05, 0) is 29.5 Å². The number of aromatic nitrogens is 1. The molecule has 0 N–H and O–H groups in total. The maximum atomic E-state index is 12.5. The van der Waals surface area contributed by atoms with Crippen molar-refractivity contribution in [3.05, 3.63) is 26.8 Å². The van der Waals surface area contributed by atoms with E-state index in [1.54, 1.807) is 22.6 Å². The van der Waals surface area contributed by atoms with Crippen LogP contribution in [0.15, 0.2) is 6.07 Å². The van der Waals surface area contributed by atoms with Crippen molar-refractivity contribution in [3.63, 3.8) is 0 Å². The van der Waals surface area contributed by atoms with Crippen molar-refractivity contribution >= 4 is 22.6 Å². The van der Waals surface area contributed by atoms with E-state index in [9.17, 15) is 13.2 Å². The monoisotopic (exact) mass is 287 g/mol. The van der Waals surface area contributed by atoms with Crippen LogP contribution < -0.4 is 0 Å². The standard InChI is InChI=1S/C7H5F3IN/c1-3-6(11)4(7(9)10)2-5(8)12-3/h2,7H,1H3. The largest absolute Gasteiger partial charge is 0.265 e. The predicted octanol–water partition coefficient (Wildman–Crippen LogP) is 3.07. The van der Waals surface area contributed by atoms with Crippen molar-refractivity contribution in [1.82, 2.24) is 4.98 Å². The number of halogens is 4. The van der Waals surface area contributed by atoms with Crippen LogP contribution in [-0.4, -0.2) is 4.98 Å². The van der Waals surface area contributed by atoms with Gasteiger partial charge in [0.25, 0.3) is 6.43 Å². The molecule has 1 nitrogen and oxygen atoms in total. The first kappa shape index (κ1) is 9.76. The molecule has 0 aliphatic rings. The molecule has 0 saturated carbocycles. The van der Waals surface area contributed by atoms with Crippen molar-refractivity contribution < 1.29 is 13.2 Å². The van der Waals surface area contributed by atoms with Gasteiger partial charge in [0.2, 0.25) is 5.95 Å². The van der Waals surface area contributed by atoms with Crippen LogP contribution in [0.4, 0.5) is 13.2 Å². The minimum Gasteiger partial charge on any atom is -0.224 e. The van der Waals surface area contributed by atoms with E-state index in [-0.39, 0.29) is 5.56 Å². The highest BCUT2D eigenvalue weighted by atomic mass is 127. The van der Waals surface area contributed by atoms with Gasteiger partial charge in [-0.1, -0.05) is 0 Å². The molecule has 1 rings (SSSR count). The van der Waals surface area contributed by atoms with E-state index in [1.165, 1.54) is 6.92 Å². The zero-order valence-corrected chi connectivity index (χ0v) is 8.27. The molecule has 0 unspecified atom stereocenters. The molecule has 0 atom stereocenters. The maximum Gasteiger partial charge on any atom is 0.265 e. The summed E-state index contributed by atoms with van der Waals surface area (Å²) < 4.78 is 37.2. The Morgan fingerprint density at radius 1 is 1.50 bits per heavy atom. The first-order valence-corrected chi connectivity index (χ1v) is 4.21. The van der Waals surface area contributed by atoms with Crippen molar-refractivity contribution in [2.75, 3.05) is 0 Å². The molecule has 5 heteroatoms. The third kappa shape index (κ3) is 1.88. The van der Waals surface area contributed by atoms with Crippen molar-refractivity contribution in [2.24, 2.45) is 0 Å². The van der Waals surface area contributed by atoms with Gasteiger partial charge in [0, 0.05) is 15.2 Å². The molecule has 0 bridgehead atoms. The van der Waals surface area contributed by atoms with Gasteiger partial charge in [0.1, 0.15) is 0 Å². The fraction of sp³-hybridized carbons (Fsp3) is 0.286. The van der Waals surface area contributed by atoms with Gasteiger partial charge in [0.15, 0.2) is 0 Å². The molecule has 0 saturated heterocycles. The van der Waals surface area contributed by atoms with Crippen LogP contribution in [0, 0.1) is 16.4 Å². The lowest BCUT2D eigenvalue weighted by Gasteiger charge is -2.04. The average Bonchev–Trinajstić information content (AvgIpc) is 1.96. The molecule has 0 spiro atoms. The third-order valence-corrected chi connectivity index (χ3v) is 2.76. The SMILES string of the molecule is Cc1nc(F)cc(C(F)F)c1I. The normalized spacial score (nSPS) is 10.8. The zero-order valence-electron chi connectivity index (χ0n) is 6.11. The zero-order chi connectivity index (χ0) is 9.30. The number of rotatable bonds is 1. The van der Waals surface area contributed by atoms with Gasteiger partial charge < -0.3 is 0 Å². The summed E-state index contributed by atoms with van der Waals surface area (Å²) >= 11 is 1.73. The summed E-state index contributed by atoms with van der Waals surface area (Å²) in [6, 6.07) is 0.763. The van der Waals surface area contributed by atoms with Gasteiger partial charge in [-0.3, -0.25) is 0 Å². The lowest BCUT2D eigenvalue weighted by Crippen LogP contribution is -1.98. The summed E-state index contributed by atoms with van der Waals surface area (Å²) in [5, 5.41) is 0. The lowest BCUT2D eigenvalue weighted by atomic mass is 10.2. The van der Waals surface area contributed by atoms with Gasteiger partial charge in [0.05, 0.1) is 5.69 Å². The molecular formula is C7H5F3IN. The second-order valence-corrected chi connectivity index (χ2v) is 3.31. The predicted molar refractivity (Wildman–Crippen MR) is 46.6 cm³/mol. The highest BCUT2D eigenvalue weighted by Crippen LogP contribution is 2.26. The Balaban J connectivity index is 3.28. The van der Waals surface area contributed by atoms with E-state index >= 15 is 0 Å². The molecule has 66 valence electrons. The fourth-order valence-corrected chi connectivity index (χ4v) is 1.31. The fourth-order valence-electron chi connectivity index (χ4n) is 0.801. The Bertz CT molecular complexity index is 301. The molecule has 1 aromatic rings. The quantitative estimate of drug-likeness (QED) is 0.571. The molecule has 1 heterocycles. The Labute approximate surface area is 81.1 Å². The summed E-state index contributed by atoms with van der Waals surface area (Å²) in [6.45, 7) is 1.50. The van der Waals surface area contributed by atoms with E-state index in [0.717, 1.165) is 6.07 Å². The van der Waals surface area contributed by atoms with Crippen LogP contribution in [0.25, 0.3) is 0 Å². The highest BCUT2D eigenvalue weighted by molar-refractivity contribution is 14.1. The maximum absolute atomic E-state index is 12.5. The molecule has 0 fully saturated rings. The van der Waals surface area contributed by atoms with Crippen LogP contribution in [-0.2, 0) is 0 Å². The van der Waals surface area contributed by atoms with Crippen LogP contribution in [0.1, 0.15) is 17.7 Å². The number of nitrogens with zero attached hydrogens (tertiary/aromatic N) is 1. The Kier molecular flexibility index (Phi) is 2.92. The second kappa shape index (κ2) is 3.59. The van der Waals surface area contributed by atoms with Gasteiger partial charge >= 0.3 is 0 Å². The molecule has 0 aromatic carbocycles. The van der Waals surface area contributed by atoms with Gasteiger partial charge in [-0.15, -0.1) is 0 Å². The molecule has 0 aliphatic heterocycles. The molecule has 0 radical (unpaired) electrons. The Hall–Kier alpha value is -0.330. The lowest BCUT2D eigenvalue weighted by molar-refractivity contribution is 0.149. The summed E-state index contributed by atoms with van der Waals surface area (Å²) in [4.78, 5) is 3.41. The number of pyridine rings is 1. The Morgan fingerprint density at radius 2 is 2.08 bits per heavy atom. The Morgan fingerprint density at radius 3 is 2.58 bits per heavy atom. The highest BCUT2D eigenvalue weighted by Gasteiger charge is 2.15. The van der Waals surface area contributed by atoms with Crippen LogP contribution in [0.2, 0.25) is 0 Å². The molecule has 0 amide bonds. The van der Waals surface area contributed by atoms with Crippen LogP contribution in [0.5, 0.6) is 0 Å². The van der Waals surface area contributed by atoms with E-state index in [1.807, 2.05) is 0 Å². The summed E-state index contributed by atoms with van der Waals surface area (Å²) in [6.07, 6.45) is -2.65. The molecule has 12 heavy (non-hydrogen) atoms. The molecular weight excluding hydrogens is 282 g/mol. The van der Waals surface area contributed by atoms with Crippen molar-refractivity contribution in [1.29, 1.82) is 0 Å². The first-order chi connectivity index (χ1) is 5.52. The number of hydrogen-bond donors (Lipinski definition) is 0. The van der Waals surface area contributed by atoms with E-state index in [2.05, 4.69) is 4.98 Å². The average molecular weight is 287 g/mol. The smallest absolute Gasteiger partial charge is 0.224 e. The number of alkyl halides is 2. The van der Waals surface area contributed by atoms with Gasteiger partial charge in [-0.2, -0.15) is 4.39 Å². The first-order valence-electron chi connectivity index (χ1n) is 3.13. The minimum atomic E-state index is -2.65. The number of hydrogen-bond acceptors (Lipinski definition) is 1. The molecule has 0 aliphatic carbocycles. The van der Waals surface area contributed by atoms with E-state index in [4.69, 9.17) is 0 Å². The summed E-state index contributed by atoms with van der Waals surface area (Å²) in [5.74, 6) is -0.858. The van der Waals surface area contributed by atoms with E-state index < -0.39 is 12.4 Å². The molecule has 1 aromatic heterocycles. The van der Waals surface area contributed by atoms with Crippen molar-refractivity contribution in [3.8, 4) is 0 Å². The van der Waals surface area contributed by atoms with Crippen molar-refractivity contribution in [2.45, 2.75) is 13.3 Å². The summed E-state index contributed by atoms with van der Waals surface area (Å²) in [5.41, 5.74) is 0.00602. The number of aryl methyl sites for hydroxylation is 1.